The number of rotatable bonds is 4. The van der Waals surface area contributed by atoms with Crippen LogP contribution in [0.5, 0.6) is 0 Å². The summed E-state index contributed by atoms with van der Waals surface area (Å²) in [7, 11) is -2.95. The van der Waals surface area contributed by atoms with Crippen LogP contribution in [0.2, 0.25) is 0 Å². The SMILES string of the molecule is Cc1nc(Cc2noc(CC3CS(=O)(=O)CCN3)n2)cs1. The van der Waals surface area contributed by atoms with Crippen LogP contribution in [-0.4, -0.2) is 47.6 Å². The number of aryl methyl sites for hydroxylation is 1. The van der Waals surface area contributed by atoms with Crippen molar-refractivity contribution in [3.63, 3.8) is 0 Å². The Morgan fingerprint density at radius 3 is 3.05 bits per heavy atom. The fraction of sp³-hybridized carbons (Fsp3) is 0.583. The number of aromatic nitrogens is 3. The molecule has 3 heterocycles. The molecule has 0 amide bonds. The Morgan fingerprint density at radius 1 is 1.48 bits per heavy atom. The average Bonchev–Trinajstić information content (AvgIpc) is 2.98. The second-order valence-corrected chi connectivity index (χ2v) is 8.40. The van der Waals surface area contributed by atoms with Gasteiger partial charge in [-0.05, 0) is 6.92 Å². The molecule has 2 aromatic heterocycles. The molecule has 1 aliphatic rings. The third-order valence-electron chi connectivity index (χ3n) is 3.24. The molecule has 7 nitrogen and oxygen atoms in total. The third-order valence-corrected chi connectivity index (χ3v) is 5.80. The van der Waals surface area contributed by atoms with Gasteiger partial charge in [0.2, 0.25) is 5.89 Å². The van der Waals surface area contributed by atoms with Gasteiger partial charge in [0.05, 0.1) is 28.6 Å². The van der Waals surface area contributed by atoms with Gasteiger partial charge < -0.3 is 9.84 Å². The van der Waals surface area contributed by atoms with E-state index in [1.165, 1.54) is 0 Å². The predicted octanol–water partition coefficient (Wildman–Crippen LogP) is 0.354. The lowest BCUT2D eigenvalue weighted by Crippen LogP contribution is -2.46. The first-order valence-corrected chi connectivity index (χ1v) is 9.36. The summed E-state index contributed by atoms with van der Waals surface area (Å²) in [4.78, 5) is 8.66. The summed E-state index contributed by atoms with van der Waals surface area (Å²) >= 11 is 1.58. The lowest BCUT2D eigenvalue weighted by atomic mass is 10.2. The van der Waals surface area contributed by atoms with Crippen molar-refractivity contribution in [1.29, 1.82) is 0 Å². The van der Waals surface area contributed by atoms with Crippen molar-refractivity contribution in [2.24, 2.45) is 0 Å². The number of thiazole rings is 1. The van der Waals surface area contributed by atoms with Crippen LogP contribution in [0, 0.1) is 6.92 Å². The minimum atomic E-state index is -2.95. The Hall–Kier alpha value is -1.32. The predicted molar refractivity (Wildman–Crippen MR) is 78.1 cm³/mol. The van der Waals surface area contributed by atoms with Gasteiger partial charge in [0.15, 0.2) is 15.7 Å². The third kappa shape index (κ3) is 3.86. The molecular formula is C12H16N4O3S2. The van der Waals surface area contributed by atoms with Crippen LogP contribution in [0.25, 0.3) is 0 Å². The Balaban J connectivity index is 1.62. The van der Waals surface area contributed by atoms with Crippen LogP contribution in [-0.2, 0) is 22.7 Å². The van der Waals surface area contributed by atoms with Gasteiger partial charge in [0.1, 0.15) is 0 Å². The molecule has 0 radical (unpaired) electrons. The Morgan fingerprint density at radius 2 is 2.33 bits per heavy atom. The number of hydrogen-bond acceptors (Lipinski definition) is 8. The zero-order chi connectivity index (χ0) is 14.9. The smallest absolute Gasteiger partial charge is 0.228 e. The molecule has 21 heavy (non-hydrogen) atoms. The first kappa shape index (κ1) is 14.6. The zero-order valence-electron chi connectivity index (χ0n) is 11.6. The van der Waals surface area contributed by atoms with Gasteiger partial charge >= 0.3 is 0 Å². The maximum Gasteiger partial charge on any atom is 0.228 e. The molecule has 114 valence electrons. The minimum Gasteiger partial charge on any atom is -0.339 e. The van der Waals surface area contributed by atoms with Gasteiger partial charge in [0.25, 0.3) is 0 Å². The summed E-state index contributed by atoms with van der Waals surface area (Å²) in [5, 5.41) is 10.1. The van der Waals surface area contributed by atoms with Gasteiger partial charge in [-0.3, -0.25) is 0 Å². The molecule has 2 aromatic rings. The van der Waals surface area contributed by atoms with Crippen LogP contribution in [0.3, 0.4) is 0 Å². The van der Waals surface area contributed by atoms with Crippen molar-refractivity contribution in [3.8, 4) is 0 Å². The van der Waals surface area contributed by atoms with Crippen LogP contribution in [0.1, 0.15) is 22.4 Å². The summed E-state index contributed by atoms with van der Waals surface area (Å²) in [5.41, 5.74) is 0.920. The maximum atomic E-state index is 11.6. The summed E-state index contributed by atoms with van der Waals surface area (Å²) in [6, 6.07) is -0.154. The highest BCUT2D eigenvalue weighted by atomic mass is 32.2. The molecule has 1 aliphatic heterocycles. The normalized spacial score (nSPS) is 21.5. The summed E-state index contributed by atoms with van der Waals surface area (Å²) < 4.78 is 28.4. The van der Waals surface area contributed by atoms with E-state index in [0.717, 1.165) is 10.7 Å². The molecule has 3 rings (SSSR count). The first-order chi connectivity index (χ1) is 10.00. The van der Waals surface area contributed by atoms with E-state index in [4.69, 9.17) is 4.52 Å². The van der Waals surface area contributed by atoms with Crippen molar-refractivity contribution in [2.75, 3.05) is 18.1 Å². The van der Waals surface area contributed by atoms with Crippen molar-refractivity contribution in [3.05, 3.63) is 27.8 Å². The van der Waals surface area contributed by atoms with E-state index < -0.39 is 9.84 Å². The lowest BCUT2D eigenvalue weighted by molar-refractivity contribution is 0.357. The van der Waals surface area contributed by atoms with Crippen LogP contribution in [0.15, 0.2) is 9.90 Å². The van der Waals surface area contributed by atoms with E-state index in [2.05, 4.69) is 20.4 Å². The molecule has 0 saturated carbocycles. The molecule has 0 aromatic carbocycles. The molecule has 1 unspecified atom stereocenters. The van der Waals surface area contributed by atoms with Gasteiger partial charge in [-0.25, -0.2) is 13.4 Å². The number of nitrogens with zero attached hydrogens (tertiary/aromatic N) is 3. The van der Waals surface area contributed by atoms with E-state index in [1.54, 1.807) is 11.3 Å². The van der Waals surface area contributed by atoms with Gasteiger partial charge in [-0.15, -0.1) is 11.3 Å². The molecule has 1 atom stereocenters. The molecule has 0 spiro atoms. The van der Waals surface area contributed by atoms with E-state index in [9.17, 15) is 8.42 Å². The summed E-state index contributed by atoms with van der Waals surface area (Å²) in [6.45, 7) is 2.43. The second kappa shape index (κ2) is 5.82. The van der Waals surface area contributed by atoms with E-state index in [1.807, 2.05) is 12.3 Å². The molecule has 1 fully saturated rings. The number of nitrogens with one attached hydrogen (secondary N) is 1. The first-order valence-electron chi connectivity index (χ1n) is 6.66. The van der Waals surface area contributed by atoms with E-state index in [-0.39, 0.29) is 17.5 Å². The quantitative estimate of drug-likeness (QED) is 0.865. The highest BCUT2D eigenvalue weighted by molar-refractivity contribution is 7.91. The van der Waals surface area contributed by atoms with Crippen LogP contribution < -0.4 is 5.32 Å². The van der Waals surface area contributed by atoms with Crippen molar-refractivity contribution < 1.29 is 12.9 Å². The number of sulfone groups is 1. The van der Waals surface area contributed by atoms with Gasteiger partial charge in [-0.1, -0.05) is 5.16 Å². The highest BCUT2D eigenvalue weighted by Crippen LogP contribution is 2.13. The highest BCUT2D eigenvalue weighted by Gasteiger charge is 2.26. The fourth-order valence-electron chi connectivity index (χ4n) is 2.31. The van der Waals surface area contributed by atoms with Crippen molar-refractivity contribution >= 4 is 21.2 Å². The average molecular weight is 328 g/mol. The molecule has 0 aliphatic carbocycles. The molecule has 0 bridgehead atoms. The van der Waals surface area contributed by atoms with E-state index >= 15 is 0 Å². The van der Waals surface area contributed by atoms with Crippen molar-refractivity contribution in [1.82, 2.24) is 20.4 Å². The fourth-order valence-corrected chi connectivity index (χ4v) is 4.36. The summed E-state index contributed by atoms with van der Waals surface area (Å²) in [6.07, 6.45) is 0.965. The topological polar surface area (TPSA) is 98.0 Å². The van der Waals surface area contributed by atoms with Gasteiger partial charge in [0, 0.05) is 24.4 Å². The van der Waals surface area contributed by atoms with Gasteiger partial charge in [-0.2, -0.15) is 4.98 Å². The molecule has 9 heteroatoms. The largest absolute Gasteiger partial charge is 0.339 e. The van der Waals surface area contributed by atoms with Crippen molar-refractivity contribution in [2.45, 2.75) is 25.8 Å². The molecule has 1 N–H and O–H groups in total. The Labute approximate surface area is 126 Å². The minimum absolute atomic E-state index is 0.121. The number of hydrogen-bond donors (Lipinski definition) is 1. The Bertz CT molecular complexity index is 722. The van der Waals surface area contributed by atoms with Crippen LogP contribution in [0.4, 0.5) is 0 Å². The maximum absolute atomic E-state index is 11.6. The standard InChI is InChI=1S/C12H16N4O3S2/c1-8-14-9(6-20-8)4-11-15-12(19-16-11)5-10-7-21(17,18)3-2-13-10/h6,10,13H,2-5,7H2,1H3. The van der Waals surface area contributed by atoms with E-state index in [0.29, 0.717) is 31.1 Å². The molecular weight excluding hydrogens is 312 g/mol. The Kier molecular flexibility index (Phi) is 4.05. The monoisotopic (exact) mass is 328 g/mol. The lowest BCUT2D eigenvalue weighted by Gasteiger charge is -2.21. The molecule has 1 saturated heterocycles. The zero-order valence-corrected chi connectivity index (χ0v) is 13.2. The van der Waals surface area contributed by atoms with Crippen LogP contribution >= 0.6 is 11.3 Å². The summed E-state index contributed by atoms with van der Waals surface area (Å²) in [5.74, 6) is 1.36. The second-order valence-electron chi connectivity index (χ2n) is 5.11.